The average Bonchev–Trinajstić information content (AvgIpc) is 3.24. The van der Waals surface area contributed by atoms with Gasteiger partial charge in [-0.05, 0) is 100.0 Å². The third-order valence-corrected chi connectivity index (χ3v) is 10.8. The van der Waals surface area contributed by atoms with Crippen LogP contribution in [0.1, 0.15) is 84.5 Å². The summed E-state index contributed by atoms with van der Waals surface area (Å²) in [6, 6.07) is 0. The van der Waals surface area contributed by atoms with Crippen LogP contribution < -0.4 is 0 Å². The number of ketones is 2. The molecule has 4 aliphatic carbocycles. The van der Waals surface area contributed by atoms with Gasteiger partial charge in [-0.15, -0.1) is 0 Å². The quantitative estimate of drug-likeness (QED) is 0.660. The number of rotatable bonds is 3. The zero-order valence-corrected chi connectivity index (χ0v) is 18.9. The molecule has 0 spiro atoms. The second kappa shape index (κ2) is 7.18. The summed E-state index contributed by atoms with van der Waals surface area (Å²) in [5.41, 5.74) is 0.154. The summed E-state index contributed by atoms with van der Waals surface area (Å²) in [5.74, 6) is 4.39. The highest BCUT2D eigenvalue weighted by Gasteiger charge is 2.62. The molecule has 8 atom stereocenters. The summed E-state index contributed by atoms with van der Waals surface area (Å²) in [6.07, 6.45) is 12.8. The van der Waals surface area contributed by atoms with Gasteiger partial charge in [0.1, 0.15) is 11.6 Å². The van der Waals surface area contributed by atoms with E-state index in [0.717, 1.165) is 43.9 Å². The normalized spacial score (nSPS) is 50.3. The smallest absolute Gasteiger partial charge is 0.139 e. The molecule has 0 radical (unpaired) electrons. The Morgan fingerprint density at radius 3 is 2.52 bits per heavy atom. The van der Waals surface area contributed by atoms with Gasteiger partial charge < -0.3 is 4.90 Å². The first kappa shape index (κ1) is 20.2. The Kier molecular flexibility index (Phi) is 5.00. The first-order valence-corrected chi connectivity index (χ1v) is 12.6. The highest BCUT2D eigenvalue weighted by molar-refractivity contribution is 5.90. The van der Waals surface area contributed by atoms with Gasteiger partial charge in [-0.2, -0.15) is 0 Å². The lowest BCUT2D eigenvalue weighted by molar-refractivity contribution is -0.158. The minimum Gasteiger partial charge on any atom is -0.306 e. The highest BCUT2D eigenvalue weighted by Crippen LogP contribution is 2.65. The molecule has 1 heterocycles. The molecule has 5 rings (SSSR count). The van der Waals surface area contributed by atoms with Crippen molar-refractivity contribution in [1.82, 2.24) is 4.90 Å². The molecule has 4 saturated carbocycles. The molecule has 1 saturated heterocycles. The maximum atomic E-state index is 13.4. The summed E-state index contributed by atoms with van der Waals surface area (Å²) in [6.45, 7) is 7.27. The Balaban J connectivity index is 1.27. The number of hydrogen-bond donors (Lipinski definition) is 0. The summed E-state index contributed by atoms with van der Waals surface area (Å²) < 4.78 is 0. The van der Waals surface area contributed by atoms with Crippen LogP contribution in [0.4, 0.5) is 0 Å². The van der Waals surface area contributed by atoms with Gasteiger partial charge in [-0.3, -0.25) is 9.59 Å². The molecule has 29 heavy (non-hydrogen) atoms. The van der Waals surface area contributed by atoms with Crippen LogP contribution >= 0.6 is 0 Å². The number of fused-ring (bicyclic) bond motifs is 5. The molecule has 3 nitrogen and oxygen atoms in total. The Labute approximate surface area is 177 Å². The lowest BCUT2D eigenvalue weighted by Gasteiger charge is -2.59. The second-order valence-electron chi connectivity index (χ2n) is 12.2. The maximum Gasteiger partial charge on any atom is 0.139 e. The van der Waals surface area contributed by atoms with Crippen molar-refractivity contribution in [3.8, 4) is 0 Å². The van der Waals surface area contributed by atoms with Gasteiger partial charge >= 0.3 is 0 Å². The third kappa shape index (κ3) is 3.17. The van der Waals surface area contributed by atoms with Crippen LogP contribution in [0.5, 0.6) is 0 Å². The fourth-order valence-electron chi connectivity index (χ4n) is 8.79. The fraction of sp³-hybridized carbons (Fsp3) is 0.923. The van der Waals surface area contributed by atoms with Gasteiger partial charge in [0, 0.05) is 30.7 Å². The van der Waals surface area contributed by atoms with Crippen molar-refractivity contribution in [3.05, 3.63) is 0 Å². The van der Waals surface area contributed by atoms with E-state index < -0.39 is 0 Å². The molecule has 5 aliphatic rings. The van der Waals surface area contributed by atoms with E-state index in [4.69, 9.17) is 0 Å². The Bertz CT molecular complexity index is 688. The minimum atomic E-state index is -0.189. The molecule has 0 aromatic heterocycles. The predicted molar refractivity (Wildman–Crippen MR) is 115 cm³/mol. The van der Waals surface area contributed by atoms with Crippen molar-refractivity contribution in [3.63, 3.8) is 0 Å². The van der Waals surface area contributed by atoms with E-state index in [1.807, 2.05) is 0 Å². The number of Topliss-reactive ketones (excluding diaryl/α,β-unsaturated/α-hetero) is 2. The number of likely N-dealkylation sites (tertiary alicyclic amines) is 1. The van der Waals surface area contributed by atoms with Crippen molar-refractivity contribution in [2.75, 3.05) is 20.1 Å². The van der Waals surface area contributed by atoms with E-state index in [2.05, 4.69) is 25.8 Å². The van der Waals surface area contributed by atoms with Crippen LogP contribution in [0.15, 0.2) is 0 Å². The van der Waals surface area contributed by atoms with Crippen LogP contribution in [0.2, 0.25) is 0 Å². The monoisotopic (exact) mass is 399 g/mol. The fourth-order valence-corrected chi connectivity index (χ4v) is 8.79. The molecule has 0 bridgehead atoms. The van der Waals surface area contributed by atoms with Crippen molar-refractivity contribution >= 4 is 11.6 Å². The largest absolute Gasteiger partial charge is 0.306 e. The Morgan fingerprint density at radius 1 is 0.966 bits per heavy atom. The van der Waals surface area contributed by atoms with E-state index in [9.17, 15) is 9.59 Å². The van der Waals surface area contributed by atoms with E-state index >= 15 is 0 Å². The molecule has 0 N–H and O–H groups in total. The van der Waals surface area contributed by atoms with Crippen LogP contribution in [0.3, 0.4) is 0 Å². The first-order chi connectivity index (χ1) is 13.8. The van der Waals surface area contributed by atoms with Gasteiger partial charge in [-0.1, -0.05) is 20.3 Å². The van der Waals surface area contributed by atoms with E-state index in [-0.39, 0.29) is 11.3 Å². The van der Waals surface area contributed by atoms with Gasteiger partial charge in [-0.25, -0.2) is 0 Å². The SMILES string of the molecule is CN1CCC(CC[C@H]2CC[C@@]3(C)C(CC(=O)C4C3CC[C@]3(C)C(=O)CCC43)C2)C1. The topological polar surface area (TPSA) is 37.4 Å². The molecule has 3 heteroatoms. The van der Waals surface area contributed by atoms with Crippen molar-refractivity contribution in [1.29, 1.82) is 0 Å². The molecule has 0 aromatic rings. The van der Waals surface area contributed by atoms with Crippen molar-refractivity contribution < 1.29 is 9.59 Å². The first-order valence-electron chi connectivity index (χ1n) is 12.6. The molecular weight excluding hydrogens is 358 g/mol. The van der Waals surface area contributed by atoms with Crippen molar-refractivity contribution in [2.24, 2.45) is 46.3 Å². The van der Waals surface area contributed by atoms with Crippen LogP contribution in [-0.2, 0) is 9.59 Å². The average molecular weight is 400 g/mol. The van der Waals surface area contributed by atoms with Gasteiger partial charge in [0.05, 0.1) is 0 Å². The van der Waals surface area contributed by atoms with E-state index in [0.29, 0.717) is 34.7 Å². The highest BCUT2D eigenvalue weighted by atomic mass is 16.1. The maximum absolute atomic E-state index is 13.4. The number of hydrogen-bond acceptors (Lipinski definition) is 3. The molecule has 1 aliphatic heterocycles. The molecule has 162 valence electrons. The van der Waals surface area contributed by atoms with Gasteiger partial charge in [0.2, 0.25) is 0 Å². The van der Waals surface area contributed by atoms with Crippen molar-refractivity contribution in [2.45, 2.75) is 84.5 Å². The number of carbonyl (C=O) groups excluding carboxylic acids is 2. The predicted octanol–water partition coefficient (Wildman–Crippen LogP) is 5.13. The zero-order chi connectivity index (χ0) is 20.4. The molecule has 5 fully saturated rings. The molecule has 5 unspecified atom stereocenters. The minimum absolute atomic E-state index is 0.187. The Hall–Kier alpha value is -0.700. The third-order valence-electron chi connectivity index (χ3n) is 10.8. The lowest BCUT2D eigenvalue weighted by atomic mass is 9.44. The van der Waals surface area contributed by atoms with Crippen LogP contribution in [-0.4, -0.2) is 36.6 Å². The van der Waals surface area contributed by atoms with Crippen LogP contribution in [0, 0.1) is 46.3 Å². The summed E-state index contributed by atoms with van der Waals surface area (Å²) >= 11 is 0. The summed E-state index contributed by atoms with van der Waals surface area (Å²) in [7, 11) is 2.25. The standard InChI is InChI=1S/C26H41NO2/c1-25-11-8-17(4-5-18-10-13-27(3)16-18)14-19(25)15-22(28)24-20-6-7-23(29)26(20,2)12-9-21(24)25/h17-21,24H,4-16H2,1-3H3/t17-,18?,19?,20?,21?,24?,25-,26-/m0/s1. The molecule has 0 amide bonds. The van der Waals surface area contributed by atoms with Gasteiger partial charge in [0.25, 0.3) is 0 Å². The molecular formula is C26H41NO2. The van der Waals surface area contributed by atoms with E-state index in [1.54, 1.807) is 0 Å². The van der Waals surface area contributed by atoms with E-state index in [1.165, 1.54) is 51.6 Å². The molecule has 0 aromatic carbocycles. The van der Waals surface area contributed by atoms with Crippen LogP contribution in [0.25, 0.3) is 0 Å². The number of nitrogens with zero attached hydrogens (tertiary/aromatic N) is 1. The number of carbonyl (C=O) groups is 2. The van der Waals surface area contributed by atoms with Gasteiger partial charge in [0.15, 0.2) is 0 Å². The Morgan fingerprint density at radius 2 is 1.76 bits per heavy atom. The second-order valence-corrected chi connectivity index (χ2v) is 12.2. The summed E-state index contributed by atoms with van der Waals surface area (Å²) in [4.78, 5) is 28.5. The summed E-state index contributed by atoms with van der Waals surface area (Å²) in [5, 5.41) is 0. The zero-order valence-electron chi connectivity index (χ0n) is 18.9. The lowest BCUT2D eigenvalue weighted by Crippen LogP contribution is -2.56.